The molecule has 0 atom stereocenters. The molecule has 0 fully saturated rings. The lowest BCUT2D eigenvalue weighted by Crippen LogP contribution is -2.05. The lowest BCUT2D eigenvalue weighted by atomic mass is 10.0. The van der Waals surface area contributed by atoms with Crippen molar-refractivity contribution in [3.8, 4) is 5.00 Å². The molecule has 2 aromatic heterocycles. The van der Waals surface area contributed by atoms with Crippen molar-refractivity contribution < 1.29 is 9.90 Å². The van der Waals surface area contributed by atoms with E-state index in [1.165, 1.54) is 0 Å². The van der Waals surface area contributed by atoms with Crippen molar-refractivity contribution >= 4 is 23.0 Å². The normalized spacial score (nSPS) is 12.9. The van der Waals surface area contributed by atoms with Gasteiger partial charge in [-0.2, -0.15) is 0 Å². The summed E-state index contributed by atoms with van der Waals surface area (Å²) >= 11 is 1.59. The topological polar surface area (TPSA) is 80.4 Å². The summed E-state index contributed by atoms with van der Waals surface area (Å²) < 4.78 is 2.03. The standard InChI is InChI=1S/C18H16N4O2S/c1-11-20-21-15-10-19-17(12-5-3-2-4-6-12)14-9-13(7-8-16(23)24)25-18(14)22(11)15/h2-6,9H,7-8,10H2,1H3,(H,23,24). The highest BCUT2D eigenvalue weighted by Gasteiger charge is 2.24. The van der Waals surface area contributed by atoms with Gasteiger partial charge in [0, 0.05) is 16.0 Å². The van der Waals surface area contributed by atoms with Crippen LogP contribution in [-0.2, 0) is 17.8 Å². The van der Waals surface area contributed by atoms with Gasteiger partial charge in [0.25, 0.3) is 0 Å². The monoisotopic (exact) mass is 352 g/mol. The first kappa shape index (κ1) is 15.7. The van der Waals surface area contributed by atoms with E-state index < -0.39 is 5.97 Å². The predicted octanol–water partition coefficient (Wildman–Crippen LogP) is 3.01. The van der Waals surface area contributed by atoms with E-state index >= 15 is 0 Å². The first-order chi connectivity index (χ1) is 12.1. The molecule has 6 nitrogen and oxygen atoms in total. The molecule has 4 rings (SSSR count). The van der Waals surface area contributed by atoms with Gasteiger partial charge < -0.3 is 5.11 Å². The van der Waals surface area contributed by atoms with Crippen LogP contribution in [0.25, 0.3) is 5.00 Å². The van der Waals surface area contributed by atoms with Gasteiger partial charge in [-0.3, -0.25) is 14.4 Å². The van der Waals surface area contributed by atoms with Crippen molar-refractivity contribution in [3.05, 3.63) is 64.1 Å². The lowest BCUT2D eigenvalue weighted by Gasteiger charge is -2.07. The van der Waals surface area contributed by atoms with Gasteiger partial charge in [-0.05, 0) is 19.4 Å². The molecule has 1 aromatic carbocycles. The Bertz CT molecular complexity index is 972. The summed E-state index contributed by atoms with van der Waals surface area (Å²) in [6.07, 6.45) is 0.622. The fourth-order valence-electron chi connectivity index (χ4n) is 2.97. The summed E-state index contributed by atoms with van der Waals surface area (Å²) in [6, 6.07) is 12.1. The van der Waals surface area contributed by atoms with Crippen molar-refractivity contribution in [2.24, 2.45) is 4.99 Å². The van der Waals surface area contributed by atoms with Crippen molar-refractivity contribution in [1.29, 1.82) is 0 Å². The van der Waals surface area contributed by atoms with E-state index in [0.29, 0.717) is 13.0 Å². The van der Waals surface area contributed by atoms with Crippen LogP contribution in [0, 0.1) is 6.92 Å². The first-order valence-corrected chi connectivity index (χ1v) is 8.81. The number of benzene rings is 1. The Morgan fingerprint density at radius 3 is 2.84 bits per heavy atom. The van der Waals surface area contributed by atoms with E-state index in [4.69, 9.17) is 10.1 Å². The quantitative estimate of drug-likeness (QED) is 0.783. The molecular weight excluding hydrogens is 336 g/mol. The van der Waals surface area contributed by atoms with Gasteiger partial charge in [0.1, 0.15) is 17.4 Å². The van der Waals surface area contributed by atoms with Crippen LogP contribution in [0.3, 0.4) is 0 Å². The van der Waals surface area contributed by atoms with E-state index in [9.17, 15) is 4.79 Å². The minimum absolute atomic E-state index is 0.116. The number of carbonyl (C=O) groups is 1. The first-order valence-electron chi connectivity index (χ1n) is 7.99. The van der Waals surface area contributed by atoms with Gasteiger partial charge in [-0.1, -0.05) is 30.3 Å². The second-order valence-corrected chi connectivity index (χ2v) is 6.97. The molecule has 25 heavy (non-hydrogen) atoms. The third-order valence-electron chi connectivity index (χ3n) is 4.12. The molecular formula is C18H16N4O2S. The zero-order valence-electron chi connectivity index (χ0n) is 13.6. The summed E-state index contributed by atoms with van der Waals surface area (Å²) in [4.78, 5) is 16.7. The molecule has 0 saturated heterocycles. The van der Waals surface area contributed by atoms with Crippen molar-refractivity contribution in [3.63, 3.8) is 0 Å². The van der Waals surface area contributed by atoms with Gasteiger partial charge >= 0.3 is 5.97 Å². The van der Waals surface area contributed by atoms with E-state index in [1.54, 1.807) is 11.3 Å². The third kappa shape index (κ3) is 2.87. The molecule has 0 spiro atoms. The molecule has 0 radical (unpaired) electrons. The summed E-state index contributed by atoms with van der Waals surface area (Å²) in [6.45, 7) is 2.39. The number of hydrogen-bond donors (Lipinski definition) is 1. The van der Waals surface area contributed by atoms with E-state index in [0.717, 1.165) is 38.4 Å². The zero-order valence-corrected chi connectivity index (χ0v) is 14.5. The highest BCUT2D eigenvalue weighted by molar-refractivity contribution is 7.15. The molecule has 0 saturated carbocycles. The fourth-order valence-corrected chi connectivity index (χ4v) is 4.19. The molecule has 1 aliphatic heterocycles. The Kier molecular flexibility index (Phi) is 3.93. The number of hydrogen-bond acceptors (Lipinski definition) is 5. The van der Waals surface area contributed by atoms with Crippen molar-refractivity contribution in [2.45, 2.75) is 26.3 Å². The Morgan fingerprint density at radius 1 is 1.28 bits per heavy atom. The number of carboxylic acid groups (broad SMARTS) is 1. The maximum atomic E-state index is 10.9. The second-order valence-electron chi connectivity index (χ2n) is 5.85. The summed E-state index contributed by atoms with van der Waals surface area (Å²) in [5, 5.41) is 18.4. The number of carboxylic acids is 1. The number of rotatable bonds is 4. The smallest absolute Gasteiger partial charge is 0.303 e. The number of aliphatic carboxylic acids is 1. The molecule has 0 unspecified atom stereocenters. The third-order valence-corrected chi connectivity index (χ3v) is 5.30. The molecule has 3 heterocycles. The molecule has 126 valence electrons. The maximum Gasteiger partial charge on any atom is 0.303 e. The van der Waals surface area contributed by atoms with Crippen molar-refractivity contribution in [2.75, 3.05) is 0 Å². The Morgan fingerprint density at radius 2 is 2.08 bits per heavy atom. The molecule has 0 aliphatic carbocycles. The molecule has 1 N–H and O–H groups in total. The van der Waals surface area contributed by atoms with Gasteiger partial charge in [-0.15, -0.1) is 21.5 Å². The summed E-state index contributed by atoms with van der Waals surface area (Å²) in [7, 11) is 0. The second kappa shape index (κ2) is 6.25. The average Bonchev–Trinajstić information content (AvgIpc) is 3.14. The molecule has 1 aliphatic rings. The minimum Gasteiger partial charge on any atom is -0.481 e. The Hall–Kier alpha value is -2.80. The number of aryl methyl sites for hydroxylation is 2. The van der Waals surface area contributed by atoms with Crippen LogP contribution in [0.5, 0.6) is 0 Å². The Balaban J connectivity index is 1.86. The number of thiophene rings is 1. The number of fused-ring (bicyclic) bond motifs is 3. The summed E-state index contributed by atoms with van der Waals surface area (Å²) in [5.41, 5.74) is 2.97. The van der Waals surface area contributed by atoms with Crippen LogP contribution in [-0.4, -0.2) is 31.6 Å². The average molecular weight is 352 g/mol. The minimum atomic E-state index is -0.790. The highest BCUT2D eigenvalue weighted by atomic mass is 32.1. The van der Waals surface area contributed by atoms with E-state index in [-0.39, 0.29) is 6.42 Å². The number of nitrogens with zero attached hydrogens (tertiary/aromatic N) is 4. The fraction of sp³-hybridized carbons (Fsp3) is 0.222. The van der Waals surface area contributed by atoms with Crippen LogP contribution >= 0.6 is 11.3 Å². The lowest BCUT2D eigenvalue weighted by molar-refractivity contribution is -0.136. The van der Waals surface area contributed by atoms with Crippen LogP contribution in [0.15, 0.2) is 41.4 Å². The maximum absolute atomic E-state index is 10.9. The van der Waals surface area contributed by atoms with Gasteiger partial charge in [-0.25, -0.2) is 0 Å². The SMILES string of the molecule is Cc1nnc2n1-c1sc(CCC(=O)O)cc1C(c1ccccc1)=NC2. The highest BCUT2D eigenvalue weighted by Crippen LogP contribution is 2.33. The number of aromatic nitrogens is 3. The van der Waals surface area contributed by atoms with Crippen LogP contribution in [0.2, 0.25) is 0 Å². The largest absolute Gasteiger partial charge is 0.481 e. The molecule has 3 aromatic rings. The van der Waals surface area contributed by atoms with E-state index in [2.05, 4.69) is 16.3 Å². The van der Waals surface area contributed by atoms with Crippen LogP contribution < -0.4 is 0 Å². The van der Waals surface area contributed by atoms with Gasteiger partial charge in [0.05, 0.1) is 12.1 Å². The zero-order chi connectivity index (χ0) is 17.4. The number of aliphatic imine (C=N–C) groups is 1. The predicted molar refractivity (Wildman–Crippen MR) is 95.7 cm³/mol. The Labute approximate surface area is 148 Å². The van der Waals surface area contributed by atoms with Crippen molar-refractivity contribution in [1.82, 2.24) is 14.8 Å². The summed E-state index contributed by atoms with van der Waals surface area (Å²) in [5.74, 6) is 0.824. The molecule has 7 heteroatoms. The molecule has 0 bridgehead atoms. The molecule has 0 amide bonds. The van der Waals surface area contributed by atoms with Gasteiger partial charge in [0.15, 0.2) is 5.82 Å². The van der Waals surface area contributed by atoms with Crippen LogP contribution in [0.1, 0.15) is 34.1 Å². The van der Waals surface area contributed by atoms with Gasteiger partial charge in [0.2, 0.25) is 0 Å². The van der Waals surface area contributed by atoms with E-state index in [1.807, 2.05) is 41.8 Å². The van der Waals surface area contributed by atoms with Crippen LogP contribution in [0.4, 0.5) is 0 Å².